The van der Waals surface area contributed by atoms with Crippen molar-refractivity contribution in [2.45, 2.75) is 6.92 Å². The zero-order valence-electron chi connectivity index (χ0n) is 7.08. The van der Waals surface area contributed by atoms with Crippen molar-refractivity contribution in [3.63, 3.8) is 0 Å². The zero-order chi connectivity index (χ0) is 9.84. The lowest BCUT2D eigenvalue weighted by Crippen LogP contribution is -2.13. The van der Waals surface area contributed by atoms with Crippen molar-refractivity contribution >= 4 is 35.3 Å². The van der Waals surface area contributed by atoms with Gasteiger partial charge in [-0.2, -0.15) is 0 Å². The van der Waals surface area contributed by atoms with Crippen molar-refractivity contribution in [1.82, 2.24) is 4.98 Å². The highest BCUT2D eigenvalue weighted by molar-refractivity contribution is 9.10. The van der Waals surface area contributed by atoms with Gasteiger partial charge in [-0.1, -0.05) is 0 Å². The molecule has 0 bridgehead atoms. The standard InChI is InChI=1S/C8H7BBrNO2/c1-2-13-8(12)5-3-6(9)11-7(10)4-5/h3-4H,2H2,1H3. The van der Waals surface area contributed by atoms with Crippen LogP contribution in [0.25, 0.3) is 0 Å². The second-order valence-corrected chi connectivity index (χ2v) is 3.14. The summed E-state index contributed by atoms with van der Waals surface area (Å²) in [6.07, 6.45) is 0. The van der Waals surface area contributed by atoms with Crippen LogP contribution in [0.4, 0.5) is 0 Å². The minimum atomic E-state index is -0.391. The Bertz CT molecular complexity index is 310. The average Bonchev–Trinajstić information content (AvgIpc) is 2.03. The molecule has 1 heterocycles. The number of carbonyl (C=O) groups excluding carboxylic acids is 1. The van der Waals surface area contributed by atoms with Crippen molar-refractivity contribution < 1.29 is 9.53 Å². The zero-order valence-corrected chi connectivity index (χ0v) is 8.67. The minimum absolute atomic E-state index is 0.289. The van der Waals surface area contributed by atoms with Gasteiger partial charge >= 0.3 is 5.97 Å². The predicted molar refractivity (Wildman–Crippen MR) is 53.3 cm³/mol. The van der Waals surface area contributed by atoms with Crippen LogP contribution in [0.2, 0.25) is 0 Å². The van der Waals surface area contributed by atoms with E-state index in [1.165, 1.54) is 6.07 Å². The second kappa shape index (κ2) is 4.41. The lowest BCUT2D eigenvalue weighted by Gasteiger charge is -2.02. The van der Waals surface area contributed by atoms with E-state index in [0.717, 1.165) is 0 Å². The topological polar surface area (TPSA) is 39.2 Å². The molecule has 0 N–H and O–H groups in total. The summed E-state index contributed by atoms with van der Waals surface area (Å²) >= 11 is 3.13. The SMILES string of the molecule is [B]c1cc(C(=O)OCC)cc(Br)n1. The van der Waals surface area contributed by atoms with Gasteiger partial charge in [-0.3, -0.25) is 4.98 Å². The maximum absolute atomic E-state index is 11.2. The van der Waals surface area contributed by atoms with Crippen molar-refractivity contribution in [2.75, 3.05) is 6.61 Å². The molecule has 0 saturated heterocycles. The van der Waals surface area contributed by atoms with Crippen LogP contribution in [0, 0.1) is 0 Å². The van der Waals surface area contributed by atoms with E-state index < -0.39 is 5.97 Å². The van der Waals surface area contributed by atoms with Crippen LogP contribution in [0.3, 0.4) is 0 Å². The van der Waals surface area contributed by atoms with Gasteiger partial charge in [0.1, 0.15) is 12.4 Å². The van der Waals surface area contributed by atoms with Gasteiger partial charge in [-0.05, 0) is 40.6 Å². The Labute approximate surface area is 86.0 Å². The highest BCUT2D eigenvalue weighted by Gasteiger charge is 2.07. The third kappa shape index (κ3) is 2.84. The van der Waals surface area contributed by atoms with Gasteiger partial charge in [0, 0.05) is 0 Å². The Hall–Kier alpha value is -0.835. The fourth-order valence-corrected chi connectivity index (χ4v) is 1.30. The summed E-state index contributed by atoms with van der Waals surface area (Å²) in [7, 11) is 5.44. The Morgan fingerprint density at radius 1 is 1.69 bits per heavy atom. The fraction of sp³-hybridized carbons (Fsp3) is 0.250. The Morgan fingerprint density at radius 2 is 2.38 bits per heavy atom. The molecule has 3 nitrogen and oxygen atoms in total. The van der Waals surface area contributed by atoms with Crippen molar-refractivity contribution in [1.29, 1.82) is 0 Å². The largest absolute Gasteiger partial charge is 0.462 e. The Morgan fingerprint density at radius 3 is 2.92 bits per heavy atom. The smallest absolute Gasteiger partial charge is 0.338 e. The van der Waals surface area contributed by atoms with Crippen molar-refractivity contribution in [2.24, 2.45) is 0 Å². The van der Waals surface area contributed by atoms with Crippen molar-refractivity contribution in [3.8, 4) is 0 Å². The molecule has 0 amide bonds. The summed E-state index contributed by atoms with van der Waals surface area (Å²) in [6, 6.07) is 3.04. The normalized spacial score (nSPS) is 9.69. The number of ether oxygens (including phenoxy) is 1. The maximum atomic E-state index is 11.2. The molecule has 0 spiro atoms. The molecule has 0 aliphatic heterocycles. The molecule has 0 atom stereocenters. The first-order valence-electron chi connectivity index (χ1n) is 3.73. The molecule has 0 saturated carbocycles. The summed E-state index contributed by atoms with van der Waals surface area (Å²) in [5.41, 5.74) is 0.693. The van der Waals surface area contributed by atoms with E-state index in [1.54, 1.807) is 13.0 Å². The number of rotatable bonds is 2. The lowest BCUT2D eigenvalue weighted by atomic mass is 10.0. The van der Waals surface area contributed by atoms with Gasteiger partial charge < -0.3 is 4.74 Å². The van der Waals surface area contributed by atoms with Gasteiger partial charge in [-0.25, -0.2) is 4.79 Å². The molecule has 2 radical (unpaired) electrons. The molecule has 0 unspecified atom stereocenters. The average molecular weight is 240 g/mol. The molecule has 0 aromatic carbocycles. The number of esters is 1. The number of carbonyl (C=O) groups is 1. The van der Waals surface area contributed by atoms with Crippen LogP contribution in [-0.4, -0.2) is 25.4 Å². The molecule has 1 rings (SSSR count). The number of hydrogen-bond donors (Lipinski definition) is 0. The Balaban J connectivity index is 2.94. The number of aromatic nitrogens is 1. The summed E-state index contributed by atoms with van der Waals surface area (Å²) in [5, 5.41) is 0. The van der Waals surface area contributed by atoms with Crippen LogP contribution in [-0.2, 0) is 4.74 Å². The van der Waals surface area contributed by atoms with E-state index in [0.29, 0.717) is 16.8 Å². The molecule has 0 aliphatic rings. The highest BCUT2D eigenvalue weighted by Crippen LogP contribution is 2.07. The number of hydrogen-bond acceptors (Lipinski definition) is 3. The maximum Gasteiger partial charge on any atom is 0.338 e. The van der Waals surface area contributed by atoms with Gasteiger partial charge in [0.2, 0.25) is 0 Å². The van der Waals surface area contributed by atoms with Gasteiger partial charge in [-0.15, -0.1) is 0 Å². The predicted octanol–water partition coefficient (Wildman–Crippen LogP) is 0.815. The van der Waals surface area contributed by atoms with E-state index in [9.17, 15) is 4.79 Å². The summed E-state index contributed by atoms with van der Waals surface area (Å²) in [4.78, 5) is 15.1. The monoisotopic (exact) mass is 239 g/mol. The van der Waals surface area contributed by atoms with E-state index in [4.69, 9.17) is 12.6 Å². The van der Waals surface area contributed by atoms with E-state index in [-0.39, 0.29) is 5.59 Å². The van der Waals surface area contributed by atoms with Crippen LogP contribution in [0.1, 0.15) is 17.3 Å². The first-order chi connectivity index (χ1) is 6.13. The van der Waals surface area contributed by atoms with E-state index in [1.807, 2.05) is 0 Å². The number of pyridine rings is 1. The highest BCUT2D eigenvalue weighted by atomic mass is 79.9. The summed E-state index contributed by atoms with van der Waals surface area (Å²) in [6.45, 7) is 2.09. The molecule has 1 aromatic heterocycles. The molecule has 0 aliphatic carbocycles. The van der Waals surface area contributed by atoms with E-state index in [2.05, 4.69) is 20.9 Å². The van der Waals surface area contributed by atoms with Gasteiger partial charge in [0.25, 0.3) is 0 Å². The third-order valence-electron chi connectivity index (χ3n) is 1.33. The van der Waals surface area contributed by atoms with Crippen molar-refractivity contribution in [3.05, 3.63) is 22.3 Å². The lowest BCUT2D eigenvalue weighted by molar-refractivity contribution is 0.0526. The summed E-state index contributed by atoms with van der Waals surface area (Å²) < 4.78 is 5.32. The fourth-order valence-electron chi connectivity index (χ4n) is 0.849. The molecule has 13 heavy (non-hydrogen) atoms. The van der Waals surface area contributed by atoms with Crippen LogP contribution < -0.4 is 5.59 Å². The van der Waals surface area contributed by atoms with Gasteiger partial charge in [0.15, 0.2) is 0 Å². The van der Waals surface area contributed by atoms with Crippen LogP contribution in [0.5, 0.6) is 0 Å². The summed E-state index contributed by atoms with van der Waals surface area (Å²) in [5.74, 6) is -0.391. The molecular weight excluding hydrogens is 233 g/mol. The van der Waals surface area contributed by atoms with E-state index >= 15 is 0 Å². The quantitative estimate of drug-likeness (QED) is 0.436. The number of halogens is 1. The first kappa shape index (κ1) is 10.2. The first-order valence-corrected chi connectivity index (χ1v) is 4.53. The van der Waals surface area contributed by atoms with Crippen LogP contribution >= 0.6 is 15.9 Å². The third-order valence-corrected chi connectivity index (χ3v) is 1.73. The Kier molecular flexibility index (Phi) is 3.48. The minimum Gasteiger partial charge on any atom is -0.462 e. The molecule has 66 valence electrons. The molecule has 1 aromatic rings. The molecular formula is C8H7BBrNO2. The van der Waals surface area contributed by atoms with Gasteiger partial charge in [0.05, 0.1) is 12.2 Å². The van der Waals surface area contributed by atoms with Crippen LogP contribution in [0.15, 0.2) is 16.7 Å². The molecule has 5 heteroatoms. The number of nitrogens with zero attached hydrogens (tertiary/aromatic N) is 1. The molecule has 0 fully saturated rings. The second-order valence-electron chi connectivity index (χ2n) is 2.32.